The average molecular weight is 304 g/mol. The van der Waals surface area contributed by atoms with Gasteiger partial charge in [-0.1, -0.05) is 23.2 Å². The molecule has 3 N–H and O–H groups in total. The molecule has 0 aliphatic rings. The van der Waals surface area contributed by atoms with Gasteiger partial charge in [0, 0.05) is 0 Å². The lowest BCUT2D eigenvalue weighted by atomic mass is 10.2. The smallest absolute Gasteiger partial charge is 0.261 e. The predicted octanol–water partition coefficient (Wildman–Crippen LogP) is 1.45. The Hall–Kier alpha value is -2.56. The maximum atomic E-state index is 12.1. The fourth-order valence-corrected chi connectivity index (χ4v) is 2.19. The third-order valence-corrected chi connectivity index (χ3v) is 3.29. The summed E-state index contributed by atoms with van der Waals surface area (Å²) in [6, 6.07) is 4.37. The molecule has 2 aromatic rings. The maximum Gasteiger partial charge on any atom is 0.261 e. The van der Waals surface area contributed by atoms with Gasteiger partial charge >= 0.3 is 0 Å². The number of amides is 1. The first-order valence-corrected chi connectivity index (χ1v) is 6.69. The molecule has 0 aliphatic heterocycles. The molecule has 6 nitrogen and oxygen atoms in total. The van der Waals surface area contributed by atoms with Crippen LogP contribution >= 0.6 is 11.3 Å². The molecule has 7 heteroatoms. The number of aromatic hydroxyl groups is 1. The predicted molar refractivity (Wildman–Crippen MR) is 78.7 cm³/mol. The summed E-state index contributed by atoms with van der Waals surface area (Å²) in [7, 11) is 1.47. The van der Waals surface area contributed by atoms with E-state index in [2.05, 4.69) is 22.1 Å². The number of hydrogen-bond donors (Lipinski definition) is 3. The third kappa shape index (κ3) is 3.72. The lowest BCUT2D eigenvalue weighted by Gasteiger charge is -2.06. The summed E-state index contributed by atoms with van der Waals surface area (Å²) in [5, 5.41) is 21.2. The lowest BCUT2D eigenvalue weighted by Crippen LogP contribution is -2.11. The Kier molecular flexibility index (Phi) is 4.77. The van der Waals surface area contributed by atoms with E-state index < -0.39 is 5.91 Å². The molecule has 1 heterocycles. The summed E-state index contributed by atoms with van der Waals surface area (Å²) in [5.74, 6) is 5.01. The maximum absolute atomic E-state index is 12.1. The molecule has 0 bridgehead atoms. The Morgan fingerprint density at radius 1 is 1.52 bits per heavy atom. The zero-order valence-corrected chi connectivity index (χ0v) is 11.9. The van der Waals surface area contributed by atoms with Crippen LogP contribution in [0.4, 0.5) is 5.13 Å². The minimum Gasteiger partial charge on any atom is -0.507 e. The standard InChI is InChI=1S/C14H12N2O4S/c1-20-9-4-5-12(18)11(7-9)13(19)16-14-15-8-10(21-14)3-2-6-17/h4-5,7-8,17-18H,6H2,1H3,(H,15,16,19). The molecular weight excluding hydrogens is 292 g/mol. The topological polar surface area (TPSA) is 91.7 Å². The third-order valence-electron chi connectivity index (χ3n) is 2.47. The number of nitrogens with one attached hydrogen (secondary N) is 1. The van der Waals surface area contributed by atoms with Gasteiger partial charge in [-0.15, -0.1) is 0 Å². The van der Waals surface area contributed by atoms with Crippen LogP contribution in [0.1, 0.15) is 15.2 Å². The van der Waals surface area contributed by atoms with E-state index >= 15 is 0 Å². The molecule has 108 valence electrons. The molecular formula is C14H12N2O4S. The van der Waals surface area contributed by atoms with E-state index in [9.17, 15) is 9.90 Å². The second kappa shape index (κ2) is 6.74. The minimum absolute atomic E-state index is 0.0903. The number of rotatable bonds is 3. The number of anilines is 1. The second-order valence-electron chi connectivity index (χ2n) is 3.83. The Morgan fingerprint density at radius 2 is 2.33 bits per heavy atom. The fraction of sp³-hybridized carbons (Fsp3) is 0.143. The van der Waals surface area contributed by atoms with Gasteiger partial charge in [-0.05, 0) is 18.2 Å². The van der Waals surface area contributed by atoms with Gasteiger partial charge in [-0.25, -0.2) is 4.98 Å². The van der Waals surface area contributed by atoms with E-state index in [1.165, 1.54) is 36.8 Å². The molecule has 1 aromatic carbocycles. The molecule has 0 unspecified atom stereocenters. The van der Waals surface area contributed by atoms with E-state index in [0.29, 0.717) is 15.8 Å². The Bertz CT molecular complexity index is 715. The number of thiazole rings is 1. The number of phenols is 1. The van der Waals surface area contributed by atoms with Crippen molar-refractivity contribution >= 4 is 22.4 Å². The van der Waals surface area contributed by atoms with Gasteiger partial charge in [0.15, 0.2) is 5.13 Å². The van der Waals surface area contributed by atoms with Crippen molar-refractivity contribution in [1.29, 1.82) is 0 Å². The van der Waals surface area contributed by atoms with Crippen molar-refractivity contribution in [2.45, 2.75) is 0 Å². The number of carbonyl (C=O) groups is 1. The van der Waals surface area contributed by atoms with Crippen molar-refractivity contribution in [2.75, 3.05) is 19.0 Å². The minimum atomic E-state index is -0.498. The van der Waals surface area contributed by atoms with Gasteiger partial charge in [-0.3, -0.25) is 10.1 Å². The molecule has 0 saturated carbocycles. The molecule has 0 aliphatic carbocycles. The van der Waals surface area contributed by atoms with Crippen molar-refractivity contribution in [3.8, 4) is 23.3 Å². The van der Waals surface area contributed by atoms with Gasteiger partial charge in [-0.2, -0.15) is 0 Å². The fourth-order valence-electron chi connectivity index (χ4n) is 1.50. The van der Waals surface area contributed by atoms with Crippen LogP contribution in [0.5, 0.6) is 11.5 Å². The van der Waals surface area contributed by atoms with Crippen LogP contribution in [-0.2, 0) is 0 Å². The first-order chi connectivity index (χ1) is 10.1. The number of benzene rings is 1. The summed E-state index contributed by atoms with van der Waals surface area (Å²) in [5.41, 5.74) is 0.0903. The molecule has 0 radical (unpaired) electrons. The lowest BCUT2D eigenvalue weighted by molar-refractivity contribution is 0.102. The normalized spacial score (nSPS) is 9.62. The Morgan fingerprint density at radius 3 is 3.05 bits per heavy atom. The van der Waals surface area contributed by atoms with Crippen LogP contribution in [0.2, 0.25) is 0 Å². The summed E-state index contributed by atoms with van der Waals surface area (Å²) >= 11 is 1.17. The summed E-state index contributed by atoms with van der Waals surface area (Å²) in [6.07, 6.45) is 1.49. The number of phenolic OH excluding ortho intramolecular Hbond substituents is 1. The van der Waals surface area contributed by atoms with Crippen LogP contribution in [0, 0.1) is 11.8 Å². The monoisotopic (exact) mass is 304 g/mol. The molecule has 1 amide bonds. The SMILES string of the molecule is COc1ccc(O)c(C(=O)Nc2ncc(C#CCO)s2)c1. The van der Waals surface area contributed by atoms with Gasteiger partial charge in [0.2, 0.25) is 0 Å². The number of carbonyl (C=O) groups excluding carboxylic acids is 1. The van der Waals surface area contributed by atoms with Crippen LogP contribution in [0.3, 0.4) is 0 Å². The van der Waals surface area contributed by atoms with Gasteiger partial charge in [0.25, 0.3) is 5.91 Å². The zero-order chi connectivity index (χ0) is 15.2. The zero-order valence-electron chi connectivity index (χ0n) is 11.1. The highest BCUT2D eigenvalue weighted by atomic mass is 32.1. The Balaban J connectivity index is 2.16. The van der Waals surface area contributed by atoms with E-state index in [1.54, 1.807) is 6.07 Å². The molecule has 1 aromatic heterocycles. The highest BCUT2D eigenvalue weighted by molar-refractivity contribution is 7.16. The first-order valence-electron chi connectivity index (χ1n) is 5.88. The molecule has 0 saturated heterocycles. The number of aliphatic hydroxyl groups is 1. The van der Waals surface area contributed by atoms with Crippen LogP contribution in [-0.4, -0.2) is 34.8 Å². The number of aromatic nitrogens is 1. The molecule has 21 heavy (non-hydrogen) atoms. The summed E-state index contributed by atoms with van der Waals surface area (Å²) < 4.78 is 5.01. The van der Waals surface area contributed by atoms with E-state index in [1.807, 2.05) is 0 Å². The average Bonchev–Trinajstić information content (AvgIpc) is 2.93. The quantitative estimate of drug-likeness (QED) is 0.747. The number of hydrogen-bond acceptors (Lipinski definition) is 6. The van der Waals surface area contributed by atoms with Crippen molar-refractivity contribution in [1.82, 2.24) is 4.98 Å². The van der Waals surface area contributed by atoms with E-state index in [-0.39, 0.29) is 17.9 Å². The number of methoxy groups -OCH3 is 1. The van der Waals surface area contributed by atoms with Gasteiger partial charge < -0.3 is 14.9 Å². The highest BCUT2D eigenvalue weighted by Crippen LogP contribution is 2.25. The van der Waals surface area contributed by atoms with E-state index in [0.717, 1.165) is 0 Å². The molecule has 0 spiro atoms. The van der Waals surface area contributed by atoms with Crippen LogP contribution < -0.4 is 10.1 Å². The number of ether oxygens (including phenoxy) is 1. The van der Waals surface area contributed by atoms with Crippen molar-refractivity contribution in [3.05, 3.63) is 34.8 Å². The van der Waals surface area contributed by atoms with E-state index in [4.69, 9.17) is 9.84 Å². The molecule has 0 atom stereocenters. The highest BCUT2D eigenvalue weighted by Gasteiger charge is 2.14. The molecule has 2 rings (SSSR count). The van der Waals surface area contributed by atoms with Crippen molar-refractivity contribution < 1.29 is 19.7 Å². The summed E-state index contributed by atoms with van der Waals surface area (Å²) in [4.78, 5) is 16.7. The second-order valence-corrected chi connectivity index (χ2v) is 4.86. The number of nitrogens with zero attached hydrogens (tertiary/aromatic N) is 1. The largest absolute Gasteiger partial charge is 0.507 e. The van der Waals surface area contributed by atoms with Crippen LogP contribution in [0.25, 0.3) is 0 Å². The van der Waals surface area contributed by atoms with Gasteiger partial charge in [0.1, 0.15) is 18.1 Å². The van der Waals surface area contributed by atoms with Gasteiger partial charge in [0.05, 0.1) is 23.7 Å². The molecule has 0 fully saturated rings. The summed E-state index contributed by atoms with van der Waals surface area (Å²) in [6.45, 7) is -0.239. The number of aliphatic hydroxyl groups excluding tert-OH is 1. The van der Waals surface area contributed by atoms with Crippen molar-refractivity contribution in [3.63, 3.8) is 0 Å². The van der Waals surface area contributed by atoms with Crippen LogP contribution in [0.15, 0.2) is 24.4 Å². The Labute approximate surface area is 125 Å². The van der Waals surface area contributed by atoms with Crippen molar-refractivity contribution in [2.24, 2.45) is 0 Å². The first kappa shape index (κ1) is 14.8.